The van der Waals surface area contributed by atoms with Crippen molar-refractivity contribution in [3.05, 3.63) is 63.6 Å². The first-order valence-corrected chi connectivity index (χ1v) is 6.49. The van der Waals surface area contributed by atoms with Crippen LogP contribution < -0.4 is 0 Å². The molecule has 1 unspecified atom stereocenters. The standard InChI is InChI=1S/C14H14ClNO3/c1-2-14-12(7-8-19-14)13(15)9-10-3-5-11(6-4-10)16(17)18/h3-8,13H,2,9H2,1H3. The average molecular weight is 280 g/mol. The molecule has 0 aliphatic rings. The number of nitro groups is 1. The molecule has 1 aromatic heterocycles. The number of benzene rings is 1. The van der Waals surface area contributed by atoms with Gasteiger partial charge in [-0.15, -0.1) is 11.6 Å². The van der Waals surface area contributed by atoms with Crippen LogP contribution in [0.15, 0.2) is 41.0 Å². The van der Waals surface area contributed by atoms with Crippen LogP contribution >= 0.6 is 11.6 Å². The molecule has 1 aromatic carbocycles. The van der Waals surface area contributed by atoms with Crippen LogP contribution in [-0.4, -0.2) is 4.92 Å². The van der Waals surface area contributed by atoms with Crippen LogP contribution in [0.1, 0.15) is 29.2 Å². The van der Waals surface area contributed by atoms with E-state index >= 15 is 0 Å². The van der Waals surface area contributed by atoms with Gasteiger partial charge >= 0.3 is 0 Å². The number of hydrogen-bond donors (Lipinski definition) is 0. The summed E-state index contributed by atoms with van der Waals surface area (Å²) in [6.45, 7) is 2.01. The van der Waals surface area contributed by atoms with Crippen molar-refractivity contribution in [2.24, 2.45) is 0 Å². The van der Waals surface area contributed by atoms with Gasteiger partial charge in [-0.3, -0.25) is 10.1 Å². The number of halogens is 1. The predicted molar refractivity (Wildman–Crippen MR) is 73.5 cm³/mol. The van der Waals surface area contributed by atoms with Crippen LogP contribution in [0.4, 0.5) is 5.69 Å². The molecular weight excluding hydrogens is 266 g/mol. The van der Waals surface area contributed by atoms with Crippen LogP contribution in [0.3, 0.4) is 0 Å². The third-order valence-electron chi connectivity index (χ3n) is 3.00. The minimum atomic E-state index is -0.410. The highest BCUT2D eigenvalue weighted by Crippen LogP contribution is 2.29. The molecule has 0 fully saturated rings. The first kappa shape index (κ1) is 13.6. The lowest BCUT2D eigenvalue weighted by atomic mass is 10.0. The molecule has 2 aromatic rings. The van der Waals surface area contributed by atoms with Gasteiger partial charge in [0.2, 0.25) is 0 Å². The van der Waals surface area contributed by atoms with Crippen LogP contribution in [0, 0.1) is 10.1 Å². The second-order valence-electron chi connectivity index (χ2n) is 4.25. The monoisotopic (exact) mass is 279 g/mol. The summed E-state index contributed by atoms with van der Waals surface area (Å²) in [6.07, 6.45) is 3.05. The smallest absolute Gasteiger partial charge is 0.269 e. The number of nitrogens with zero attached hydrogens (tertiary/aromatic N) is 1. The predicted octanol–water partition coefficient (Wildman–Crippen LogP) is 4.27. The fraction of sp³-hybridized carbons (Fsp3) is 0.286. The molecule has 0 N–H and O–H groups in total. The van der Waals surface area contributed by atoms with Gasteiger partial charge in [-0.25, -0.2) is 0 Å². The Morgan fingerprint density at radius 1 is 1.32 bits per heavy atom. The Bertz CT molecular complexity index is 562. The Morgan fingerprint density at radius 2 is 2.00 bits per heavy atom. The molecule has 0 spiro atoms. The Morgan fingerprint density at radius 3 is 2.58 bits per heavy atom. The van der Waals surface area contributed by atoms with Gasteiger partial charge in [0.05, 0.1) is 16.6 Å². The van der Waals surface area contributed by atoms with Gasteiger partial charge in [-0.2, -0.15) is 0 Å². The van der Waals surface area contributed by atoms with Crippen molar-refractivity contribution in [1.82, 2.24) is 0 Å². The zero-order valence-corrected chi connectivity index (χ0v) is 11.3. The number of hydrogen-bond acceptors (Lipinski definition) is 3. The zero-order valence-electron chi connectivity index (χ0n) is 10.5. The molecule has 0 saturated carbocycles. The van der Waals surface area contributed by atoms with Gasteiger partial charge in [0, 0.05) is 24.1 Å². The minimum Gasteiger partial charge on any atom is -0.469 e. The highest BCUT2D eigenvalue weighted by Gasteiger charge is 2.15. The second-order valence-corrected chi connectivity index (χ2v) is 4.77. The molecule has 2 rings (SSSR count). The molecule has 100 valence electrons. The molecule has 19 heavy (non-hydrogen) atoms. The number of aryl methyl sites for hydroxylation is 1. The third kappa shape index (κ3) is 3.15. The van der Waals surface area contributed by atoms with Gasteiger partial charge in [-0.05, 0) is 18.1 Å². The summed E-state index contributed by atoms with van der Waals surface area (Å²) in [5.41, 5.74) is 2.05. The van der Waals surface area contributed by atoms with Gasteiger partial charge in [0.25, 0.3) is 5.69 Å². The molecule has 0 aliphatic carbocycles. The van der Waals surface area contributed by atoms with Crippen molar-refractivity contribution in [3.63, 3.8) is 0 Å². The normalized spacial score (nSPS) is 12.3. The van der Waals surface area contributed by atoms with E-state index < -0.39 is 4.92 Å². The summed E-state index contributed by atoms with van der Waals surface area (Å²) >= 11 is 6.37. The maximum atomic E-state index is 10.6. The Labute approximate surface area is 116 Å². The van der Waals surface area contributed by atoms with Gasteiger partial charge < -0.3 is 4.42 Å². The Balaban J connectivity index is 2.10. The minimum absolute atomic E-state index is 0.0902. The zero-order chi connectivity index (χ0) is 13.8. The summed E-state index contributed by atoms with van der Waals surface area (Å²) in [5.74, 6) is 0.891. The summed E-state index contributed by atoms with van der Waals surface area (Å²) < 4.78 is 5.35. The molecule has 0 aliphatic heterocycles. The maximum Gasteiger partial charge on any atom is 0.269 e. The van der Waals surface area contributed by atoms with E-state index in [-0.39, 0.29) is 11.1 Å². The van der Waals surface area contributed by atoms with Crippen LogP contribution in [0.25, 0.3) is 0 Å². The van der Waals surface area contributed by atoms with E-state index in [0.29, 0.717) is 6.42 Å². The van der Waals surface area contributed by atoms with E-state index in [0.717, 1.165) is 23.3 Å². The van der Waals surface area contributed by atoms with Crippen LogP contribution in [0.5, 0.6) is 0 Å². The van der Waals surface area contributed by atoms with Crippen molar-refractivity contribution in [1.29, 1.82) is 0 Å². The maximum absolute atomic E-state index is 10.6. The fourth-order valence-corrected chi connectivity index (χ4v) is 2.36. The van der Waals surface area contributed by atoms with E-state index in [4.69, 9.17) is 16.0 Å². The lowest BCUT2D eigenvalue weighted by molar-refractivity contribution is -0.384. The van der Waals surface area contributed by atoms with Gasteiger partial charge in [0.1, 0.15) is 5.76 Å². The summed E-state index contributed by atoms with van der Waals surface area (Å²) in [6, 6.07) is 8.34. The lowest BCUT2D eigenvalue weighted by Gasteiger charge is -2.09. The molecule has 1 atom stereocenters. The van der Waals surface area contributed by atoms with Crippen LogP contribution in [0.2, 0.25) is 0 Å². The molecule has 0 amide bonds. The fourth-order valence-electron chi connectivity index (χ4n) is 1.99. The van der Waals surface area contributed by atoms with E-state index in [9.17, 15) is 10.1 Å². The van der Waals surface area contributed by atoms with Crippen molar-refractivity contribution in [2.75, 3.05) is 0 Å². The number of non-ortho nitro benzene ring substituents is 1. The number of nitro benzene ring substituents is 1. The van der Waals surface area contributed by atoms with Gasteiger partial charge in [-0.1, -0.05) is 19.1 Å². The molecular formula is C14H14ClNO3. The van der Waals surface area contributed by atoms with Crippen LogP contribution in [-0.2, 0) is 12.8 Å². The molecule has 0 saturated heterocycles. The first-order valence-electron chi connectivity index (χ1n) is 6.05. The molecule has 5 heteroatoms. The summed E-state index contributed by atoms with van der Waals surface area (Å²) in [4.78, 5) is 10.2. The van der Waals surface area contributed by atoms with Gasteiger partial charge in [0.15, 0.2) is 0 Å². The average Bonchev–Trinajstić information content (AvgIpc) is 2.87. The first-order chi connectivity index (χ1) is 9.11. The van der Waals surface area contributed by atoms with E-state index in [1.807, 2.05) is 13.0 Å². The highest BCUT2D eigenvalue weighted by molar-refractivity contribution is 6.21. The summed E-state index contributed by atoms with van der Waals surface area (Å²) in [7, 11) is 0. The van der Waals surface area contributed by atoms with Crippen molar-refractivity contribution >= 4 is 17.3 Å². The molecule has 0 bridgehead atoms. The van der Waals surface area contributed by atoms with E-state index in [2.05, 4.69) is 0 Å². The highest BCUT2D eigenvalue weighted by atomic mass is 35.5. The van der Waals surface area contributed by atoms with Crippen molar-refractivity contribution in [2.45, 2.75) is 25.1 Å². The Hall–Kier alpha value is -1.81. The SMILES string of the molecule is CCc1occc1C(Cl)Cc1ccc([N+](=O)[O-])cc1. The van der Waals surface area contributed by atoms with E-state index in [1.165, 1.54) is 12.1 Å². The lowest BCUT2D eigenvalue weighted by Crippen LogP contribution is -1.98. The third-order valence-corrected chi connectivity index (χ3v) is 3.39. The van der Waals surface area contributed by atoms with E-state index in [1.54, 1.807) is 18.4 Å². The number of alkyl halides is 1. The number of furan rings is 1. The van der Waals surface area contributed by atoms with Crippen molar-refractivity contribution < 1.29 is 9.34 Å². The molecule has 0 radical (unpaired) electrons. The Kier molecular flexibility index (Phi) is 4.22. The van der Waals surface area contributed by atoms with Crippen molar-refractivity contribution in [3.8, 4) is 0 Å². The summed E-state index contributed by atoms with van der Waals surface area (Å²) in [5, 5.41) is 10.4. The molecule has 4 nitrogen and oxygen atoms in total. The topological polar surface area (TPSA) is 56.3 Å². The number of rotatable bonds is 5. The quantitative estimate of drug-likeness (QED) is 0.466. The second kappa shape index (κ2) is 5.89. The largest absolute Gasteiger partial charge is 0.469 e. The molecule has 1 heterocycles.